The summed E-state index contributed by atoms with van der Waals surface area (Å²) in [5.74, 6) is 2.19. The minimum Gasteiger partial charge on any atom is -0.493 e. The van der Waals surface area contributed by atoms with Crippen LogP contribution in [0.4, 0.5) is 5.82 Å². The van der Waals surface area contributed by atoms with E-state index in [-0.39, 0.29) is 17.4 Å². The van der Waals surface area contributed by atoms with Crippen LogP contribution >= 0.6 is 0 Å². The lowest BCUT2D eigenvalue weighted by Gasteiger charge is -2.41. The highest BCUT2D eigenvalue weighted by Crippen LogP contribution is 2.35. The third kappa shape index (κ3) is 3.31. The molecule has 1 amide bonds. The highest BCUT2D eigenvalue weighted by atomic mass is 16.5. The molecule has 0 spiro atoms. The van der Waals surface area contributed by atoms with E-state index in [1.54, 1.807) is 20.5 Å². The van der Waals surface area contributed by atoms with Gasteiger partial charge >= 0.3 is 0 Å². The number of benzene rings is 1. The van der Waals surface area contributed by atoms with Gasteiger partial charge in [0.25, 0.3) is 0 Å². The maximum absolute atomic E-state index is 12.1. The molecule has 1 saturated heterocycles. The molecule has 3 rings (SSSR count). The summed E-state index contributed by atoms with van der Waals surface area (Å²) >= 11 is 0. The molecule has 0 aliphatic carbocycles. The summed E-state index contributed by atoms with van der Waals surface area (Å²) in [7, 11) is 3.21. The summed E-state index contributed by atoms with van der Waals surface area (Å²) in [6.45, 7) is 7.19. The molecule has 1 aromatic carbocycles. The Balaban J connectivity index is 1.80. The van der Waals surface area contributed by atoms with E-state index in [9.17, 15) is 4.79 Å². The minimum atomic E-state index is -0.383. The summed E-state index contributed by atoms with van der Waals surface area (Å²) in [5, 5.41) is 3.98. The number of rotatable bonds is 4. The lowest BCUT2D eigenvalue weighted by molar-refractivity contribution is -0.129. The fourth-order valence-corrected chi connectivity index (χ4v) is 2.77. The maximum atomic E-state index is 12.1. The van der Waals surface area contributed by atoms with Crippen molar-refractivity contribution in [2.75, 3.05) is 32.2 Å². The van der Waals surface area contributed by atoms with Crippen molar-refractivity contribution in [1.82, 2.24) is 15.3 Å². The number of carbonyl (C=O) groups excluding carboxylic acids is 1. The van der Waals surface area contributed by atoms with Gasteiger partial charge in [-0.1, -0.05) is 20.8 Å². The van der Waals surface area contributed by atoms with Gasteiger partial charge in [0.1, 0.15) is 12.1 Å². The van der Waals surface area contributed by atoms with Crippen LogP contribution in [0.15, 0.2) is 18.5 Å². The molecule has 0 saturated carbocycles. The molecule has 0 atom stereocenters. The largest absolute Gasteiger partial charge is 0.493 e. The molecule has 7 heteroatoms. The van der Waals surface area contributed by atoms with Gasteiger partial charge in [0.05, 0.1) is 25.8 Å². The fraction of sp³-hybridized carbons (Fsp3) is 0.500. The molecule has 0 bridgehead atoms. The molecule has 2 heterocycles. The van der Waals surface area contributed by atoms with Gasteiger partial charge in [0, 0.05) is 30.0 Å². The first-order valence-electron chi connectivity index (χ1n) is 8.26. The molecular weight excluding hydrogens is 320 g/mol. The molecular formula is C18H24N4O3. The van der Waals surface area contributed by atoms with Crippen molar-refractivity contribution < 1.29 is 14.3 Å². The molecule has 1 aliphatic rings. The number of aromatic nitrogens is 2. The van der Waals surface area contributed by atoms with Gasteiger partial charge in [-0.25, -0.2) is 9.97 Å². The zero-order chi connectivity index (χ0) is 18.2. The van der Waals surface area contributed by atoms with Crippen LogP contribution < -0.4 is 19.7 Å². The second-order valence-electron chi connectivity index (χ2n) is 7.25. The Hall–Kier alpha value is -2.57. The van der Waals surface area contributed by atoms with Gasteiger partial charge in [-0.15, -0.1) is 0 Å². The highest BCUT2D eigenvalue weighted by Gasteiger charge is 2.33. The predicted octanol–water partition coefficient (Wildman–Crippen LogP) is 2.00. The first kappa shape index (κ1) is 17.3. The standard InChI is InChI=1S/C18H24N4O3/c1-18(2,3)17(23)21-11-8-22(9-11)16-12-6-14(24-4)15(25-5)7-13(12)19-10-20-16/h6-7,10-11H,8-9H2,1-5H3,(H,21,23). The number of nitrogens with zero attached hydrogens (tertiary/aromatic N) is 3. The van der Waals surface area contributed by atoms with Crippen molar-refractivity contribution in [2.24, 2.45) is 5.41 Å². The van der Waals surface area contributed by atoms with Crippen LogP contribution in [-0.2, 0) is 4.79 Å². The molecule has 1 fully saturated rings. The zero-order valence-corrected chi connectivity index (χ0v) is 15.3. The summed E-state index contributed by atoms with van der Waals surface area (Å²) in [5.41, 5.74) is 0.413. The number of anilines is 1. The number of hydrogen-bond acceptors (Lipinski definition) is 6. The molecule has 1 aliphatic heterocycles. The van der Waals surface area contributed by atoms with E-state index >= 15 is 0 Å². The molecule has 0 radical (unpaired) electrons. The number of carbonyl (C=O) groups is 1. The quantitative estimate of drug-likeness (QED) is 0.914. The summed E-state index contributed by atoms with van der Waals surface area (Å²) in [4.78, 5) is 23.0. The van der Waals surface area contributed by atoms with Crippen LogP contribution in [0.3, 0.4) is 0 Å². The van der Waals surface area contributed by atoms with Crippen LogP contribution in [0.1, 0.15) is 20.8 Å². The van der Waals surface area contributed by atoms with E-state index in [0.717, 1.165) is 29.8 Å². The van der Waals surface area contributed by atoms with Gasteiger partial charge < -0.3 is 19.7 Å². The topological polar surface area (TPSA) is 76.6 Å². The number of hydrogen-bond donors (Lipinski definition) is 1. The number of nitrogens with one attached hydrogen (secondary N) is 1. The van der Waals surface area contributed by atoms with E-state index in [1.165, 1.54) is 0 Å². The van der Waals surface area contributed by atoms with Crippen molar-refractivity contribution in [3.05, 3.63) is 18.5 Å². The molecule has 7 nitrogen and oxygen atoms in total. The van der Waals surface area contributed by atoms with E-state index in [4.69, 9.17) is 9.47 Å². The second kappa shape index (κ2) is 6.38. The average molecular weight is 344 g/mol. The number of methoxy groups -OCH3 is 2. The van der Waals surface area contributed by atoms with Crippen molar-refractivity contribution in [1.29, 1.82) is 0 Å². The number of ether oxygens (including phenoxy) is 2. The molecule has 25 heavy (non-hydrogen) atoms. The minimum absolute atomic E-state index is 0.0658. The van der Waals surface area contributed by atoms with Crippen molar-refractivity contribution >= 4 is 22.6 Å². The lowest BCUT2D eigenvalue weighted by Crippen LogP contribution is -2.61. The smallest absolute Gasteiger partial charge is 0.225 e. The second-order valence-corrected chi connectivity index (χ2v) is 7.25. The normalized spacial score (nSPS) is 15.0. The molecule has 0 unspecified atom stereocenters. The summed E-state index contributed by atoms with van der Waals surface area (Å²) in [6.07, 6.45) is 1.55. The Labute approximate surface area is 147 Å². The Morgan fingerprint density at radius 3 is 2.40 bits per heavy atom. The molecule has 134 valence electrons. The monoisotopic (exact) mass is 344 g/mol. The van der Waals surface area contributed by atoms with Crippen LogP contribution in [0.2, 0.25) is 0 Å². The maximum Gasteiger partial charge on any atom is 0.225 e. The molecule has 2 aromatic rings. The van der Waals surface area contributed by atoms with E-state index in [2.05, 4.69) is 20.2 Å². The highest BCUT2D eigenvalue weighted by molar-refractivity contribution is 5.92. The molecule has 1 aromatic heterocycles. The predicted molar refractivity (Wildman–Crippen MR) is 96.2 cm³/mol. The van der Waals surface area contributed by atoms with E-state index < -0.39 is 0 Å². The Morgan fingerprint density at radius 1 is 1.16 bits per heavy atom. The van der Waals surface area contributed by atoms with Gasteiger partial charge in [0.15, 0.2) is 11.5 Å². The lowest BCUT2D eigenvalue weighted by atomic mass is 9.94. The Morgan fingerprint density at radius 2 is 1.80 bits per heavy atom. The van der Waals surface area contributed by atoms with Crippen LogP contribution in [-0.4, -0.2) is 49.2 Å². The third-order valence-corrected chi connectivity index (χ3v) is 4.32. The third-order valence-electron chi connectivity index (χ3n) is 4.32. The van der Waals surface area contributed by atoms with Gasteiger partial charge in [0.2, 0.25) is 5.91 Å². The average Bonchev–Trinajstić information content (AvgIpc) is 2.54. The van der Waals surface area contributed by atoms with Crippen molar-refractivity contribution in [3.63, 3.8) is 0 Å². The SMILES string of the molecule is COc1cc2ncnc(N3CC(NC(=O)C(C)(C)C)C3)c2cc1OC. The first-order chi connectivity index (χ1) is 11.8. The number of fused-ring (bicyclic) bond motifs is 1. The Bertz CT molecular complexity index is 795. The number of amides is 1. The Kier molecular flexibility index (Phi) is 4.41. The van der Waals surface area contributed by atoms with E-state index in [0.29, 0.717) is 11.5 Å². The van der Waals surface area contributed by atoms with Crippen molar-refractivity contribution in [3.8, 4) is 11.5 Å². The van der Waals surface area contributed by atoms with Crippen LogP contribution in [0.5, 0.6) is 11.5 Å². The van der Waals surface area contributed by atoms with Crippen LogP contribution in [0, 0.1) is 5.41 Å². The fourth-order valence-electron chi connectivity index (χ4n) is 2.77. The zero-order valence-electron chi connectivity index (χ0n) is 15.3. The summed E-state index contributed by atoms with van der Waals surface area (Å²) in [6, 6.07) is 3.87. The van der Waals surface area contributed by atoms with Crippen molar-refractivity contribution in [2.45, 2.75) is 26.8 Å². The summed E-state index contributed by atoms with van der Waals surface area (Å²) < 4.78 is 10.7. The van der Waals surface area contributed by atoms with E-state index in [1.807, 2.05) is 32.9 Å². The van der Waals surface area contributed by atoms with Crippen LogP contribution in [0.25, 0.3) is 10.9 Å². The van der Waals surface area contributed by atoms with Gasteiger partial charge in [-0.05, 0) is 6.07 Å². The first-order valence-corrected chi connectivity index (χ1v) is 8.26. The van der Waals surface area contributed by atoms with Gasteiger partial charge in [-0.2, -0.15) is 0 Å². The molecule has 1 N–H and O–H groups in total. The van der Waals surface area contributed by atoms with Gasteiger partial charge in [-0.3, -0.25) is 4.79 Å².